The van der Waals surface area contributed by atoms with E-state index in [1.165, 1.54) is 0 Å². The largest absolute Gasteiger partial charge is 0.497 e. The molecule has 0 unspecified atom stereocenters. The number of carbonyl (C=O) groups excluding carboxylic acids is 2. The van der Waals surface area contributed by atoms with E-state index in [0.29, 0.717) is 22.1 Å². The Hall–Kier alpha value is -2.53. The summed E-state index contributed by atoms with van der Waals surface area (Å²) < 4.78 is 5.01. The molecule has 6 heteroatoms. The minimum Gasteiger partial charge on any atom is -0.497 e. The third kappa shape index (κ3) is 4.22. The molecule has 0 heterocycles. The summed E-state index contributed by atoms with van der Waals surface area (Å²) in [6, 6.07) is 13.1. The molecule has 2 rings (SSSR count). The second-order valence-electron chi connectivity index (χ2n) is 4.14. The summed E-state index contributed by atoms with van der Waals surface area (Å²) in [6.07, 6.45) is 0. The Kier molecular flexibility index (Phi) is 4.79. The highest BCUT2D eigenvalue weighted by atomic mass is 35.5. The zero-order valence-electron chi connectivity index (χ0n) is 11.2. The Bertz CT molecular complexity index is 639. The molecule has 0 saturated heterocycles. The van der Waals surface area contributed by atoms with Crippen molar-refractivity contribution in [1.29, 1.82) is 0 Å². The molecule has 2 amide bonds. The number of ether oxygens (including phenoxy) is 1. The highest BCUT2D eigenvalue weighted by Crippen LogP contribution is 2.16. The average molecular weight is 305 g/mol. The van der Waals surface area contributed by atoms with E-state index in [1.54, 1.807) is 55.6 Å². The standard InChI is InChI=1S/C15H13ClN2O3/c1-21-13-8-6-12(7-9-13)18-15(20)14(19)17-11-4-2-10(16)3-5-11/h2-9H,1H3,(H,17,19)(H,18,20). The van der Waals surface area contributed by atoms with Crippen molar-refractivity contribution in [2.45, 2.75) is 0 Å². The van der Waals surface area contributed by atoms with Crippen molar-refractivity contribution < 1.29 is 14.3 Å². The van der Waals surface area contributed by atoms with Gasteiger partial charge in [0.25, 0.3) is 0 Å². The number of hydrogen-bond donors (Lipinski definition) is 2. The van der Waals surface area contributed by atoms with Crippen molar-refractivity contribution >= 4 is 34.8 Å². The number of rotatable bonds is 3. The Morgan fingerprint density at radius 3 is 1.71 bits per heavy atom. The lowest BCUT2D eigenvalue weighted by molar-refractivity contribution is -0.132. The highest BCUT2D eigenvalue weighted by Gasteiger charge is 2.13. The van der Waals surface area contributed by atoms with Gasteiger partial charge in [-0.1, -0.05) is 11.6 Å². The summed E-state index contributed by atoms with van der Waals surface area (Å²) in [5.41, 5.74) is 1.00. The van der Waals surface area contributed by atoms with Gasteiger partial charge in [-0.25, -0.2) is 0 Å². The SMILES string of the molecule is COc1ccc(NC(=O)C(=O)Nc2ccc(Cl)cc2)cc1. The van der Waals surface area contributed by atoms with Gasteiger partial charge in [-0.15, -0.1) is 0 Å². The lowest BCUT2D eigenvalue weighted by atomic mass is 10.3. The van der Waals surface area contributed by atoms with Crippen molar-refractivity contribution in [3.63, 3.8) is 0 Å². The predicted octanol–water partition coefficient (Wildman–Crippen LogP) is 2.93. The highest BCUT2D eigenvalue weighted by molar-refractivity contribution is 6.43. The number of hydrogen-bond acceptors (Lipinski definition) is 3. The molecule has 108 valence electrons. The van der Waals surface area contributed by atoms with Crippen LogP contribution in [0.15, 0.2) is 48.5 Å². The number of nitrogens with one attached hydrogen (secondary N) is 2. The van der Waals surface area contributed by atoms with Gasteiger partial charge in [0.05, 0.1) is 7.11 Å². The molecule has 0 aromatic heterocycles. The third-order valence-corrected chi connectivity index (χ3v) is 2.91. The van der Waals surface area contributed by atoms with Gasteiger partial charge in [0.1, 0.15) is 5.75 Å². The Morgan fingerprint density at radius 2 is 1.29 bits per heavy atom. The maximum Gasteiger partial charge on any atom is 0.314 e. The third-order valence-electron chi connectivity index (χ3n) is 2.66. The van der Waals surface area contributed by atoms with Crippen LogP contribution in [-0.2, 0) is 9.59 Å². The first-order chi connectivity index (χ1) is 10.1. The van der Waals surface area contributed by atoms with Crippen LogP contribution in [-0.4, -0.2) is 18.9 Å². The van der Waals surface area contributed by atoms with Gasteiger partial charge >= 0.3 is 11.8 Å². The lowest BCUT2D eigenvalue weighted by Crippen LogP contribution is -2.29. The van der Waals surface area contributed by atoms with Crippen LogP contribution in [0.1, 0.15) is 0 Å². The van der Waals surface area contributed by atoms with E-state index in [2.05, 4.69) is 10.6 Å². The Morgan fingerprint density at radius 1 is 0.857 bits per heavy atom. The number of methoxy groups -OCH3 is 1. The lowest BCUT2D eigenvalue weighted by Gasteiger charge is -2.07. The van der Waals surface area contributed by atoms with E-state index < -0.39 is 11.8 Å². The molecule has 0 fully saturated rings. The Labute approximate surface area is 126 Å². The first-order valence-electron chi connectivity index (χ1n) is 6.10. The van der Waals surface area contributed by atoms with Crippen LogP contribution in [0.3, 0.4) is 0 Å². The van der Waals surface area contributed by atoms with Crippen LogP contribution in [0, 0.1) is 0 Å². The van der Waals surface area contributed by atoms with Crippen molar-refractivity contribution in [2.75, 3.05) is 17.7 Å². The van der Waals surface area contributed by atoms with Gasteiger partial charge in [-0.2, -0.15) is 0 Å². The van der Waals surface area contributed by atoms with Crippen LogP contribution in [0.25, 0.3) is 0 Å². The molecule has 21 heavy (non-hydrogen) atoms. The molecule has 0 aliphatic rings. The van der Waals surface area contributed by atoms with Gasteiger partial charge in [-0.3, -0.25) is 9.59 Å². The monoisotopic (exact) mass is 304 g/mol. The molecule has 0 spiro atoms. The fourth-order valence-corrected chi connectivity index (χ4v) is 1.71. The molecule has 0 saturated carbocycles. The number of anilines is 2. The van der Waals surface area contributed by atoms with E-state index in [9.17, 15) is 9.59 Å². The van der Waals surface area contributed by atoms with E-state index in [0.717, 1.165) is 0 Å². The molecule has 0 aliphatic heterocycles. The van der Waals surface area contributed by atoms with Crippen LogP contribution < -0.4 is 15.4 Å². The van der Waals surface area contributed by atoms with Crippen molar-refractivity contribution in [2.24, 2.45) is 0 Å². The molecule has 2 aromatic rings. The summed E-state index contributed by atoms with van der Waals surface area (Å²) in [4.78, 5) is 23.5. The fraction of sp³-hybridized carbons (Fsp3) is 0.0667. The van der Waals surface area contributed by atoms with Gasteiger partial charge < -0.3 is 15.4 Å². The molecule has 5 nitrogen and oxygen atoms in total. The average Bonchev–Trinajstić information content (AvgIpc) is 2.50. The zero-order chi connectivity index (χ0) is 15.2. The molecule has 2 N–H and O–H groups in total. The summed E-state index contributed by atoms with van der Waals surface area (Å²) in [6.45, 7) is 0. The van der Waals surface area contributed by atoms with Gasteiger partial charge in [-0.05, 0) is 48.5 Å². The first-order valence-corrected chi connectivity index (χ1v) is 6.48. The van der Waals surface area contributed by atoms with Gasteiger partial charge in [0, 0.05) is 16.4 Å². The van der Waals surface area contributed by atoms with E-state index in [-0.39, 0.29) is 0 Å². The van der Waals surface area contributed by atoms with Crippen LogP contribution in [0.5, 0.6) is 5.75 Å². The topological polar surface area (TPSA) is 67.4 Å². The summed E-state index contributed by atoms with van der Waals surface area (Å²) >= 11 is 5.74. The predicted molar refractivity (Wildman–Crippen MR) is 81.7 cm³/mol. The molecular formula is C15H13ClN2O3. The summed E-state index contributed by atoms with van der Waals surface area (Å²) in [5, 5.41) is 5.52. The van der Waals surface area contributed by atoms with E-state index >= 15 is 0 Å². The minimum absolute atomic E-state index is 0.495. The van der Waals surface area contributed by atoms with Crippen LogP contribution in [0.4, 0.5) is 11.4 Å². The maximum atomic E-state index is 11.8. The van der Waals surface area contributed by atoms with Crippen molar-refractivity contribution in [3.05, 3.63) is 53.6 Å². The van der Waals surface area contributed by atoms with E-state index in [4.69, 9.17) is 16.3 Å². The van der Waals surface area contributed by atoms with Gasteiger partial charge in [0.15, 0.2) is 0 Å². The number of amides is 2. The van der Waals surface area contributed by atoms with Crippen LogP contribution in [0.2, 0.25) is 5.02 Å². The molecular weight excluding hydrogens is 292 g/mol. The molecule has 0 bridgehead atoms. The zero-order valence-corrected chi connectivity index (χ0v) is 12.0. The second kappa shape index (κ2) is 6.76. The normalized spacial score (nSPS) is 9.81. The second-order valence-corrected chi connectivity index (χ2v) is 4.58. The van der Waals surface area contributed by atoms with Crippen molar-refractivity contribution in [3.8, 4) is 5.75 Å². The van der Waals surface area contributed by atoms with Crippen molar-refractivity contribution in [1.82, 2.24) is 0 Å². The smallest absolute Gasteiger partial charge is 0.314 e. The molecule has 0 radical (unpaired) electrons. The number of benzene rings is 2. The maximum absolute atomic E-state index is 11.8. The Balaban J connectivity index is 1.95. The minimum atomic E-state index is -0.756. The summed E-state index contributed by atoms with van der Waals surface area (Å²) in [7, 11) is 1.55. The molecule has 0 atom stereocenters. The number of carbonyl (C=O) groups is 2. The fourth-order valence-electron chi connectivity index (χ4n) is 1.58. The van der Waals surface area contributed by atoms with Gasteiger partial charge in [0.2, 0.25) is 0 Å². The molecule has 0 aliphatic carbocycles. The van der Waals surface area contributed by atoms with E-state index in [1.807, 2.05) is 0 Å². The van der Waals surface area contributed by atoms with Crippen LogP contribution >= 0.6 is 11.6 Å². The molecule has 2 aromatic carbocycles. The summed E-state index contributed by atoms with van der Waals surface area (Å²) in [5.74, 6) is -0.845. The quantitative estimate of drug-likeness (QED) is 0.857. The first kappa shape index (κ1) is 14.9. The number of halogens is 1.